The van der Waals surface area contributed by atoms with Gasteiger partial charge in [0.25, 0.3) is 0 Å². The monoisotopic (exact) mass is 348 g/mol. The summed E-state index contributed by atoms with van der Waals surface area (Å²) in [5.74, 6) is 3.34. The number of halogens is 1. The maximum atomic E-state index is 6.36. The summed E-state index contributed by atoms with van der Waals surface area (Å²) in [6, 6.07) is 4.36. The molecule has 0 radical (unpaired) electrons. The van der Waals surface area contributed by atoms with Crippen molar-refractivity contribution in [1.82, 2.24) is 20.1 Å². The highest BCUT2D eigenvalue weighted by Crippen LogP contribution is 2.38. The van der Waals surface area contributed by atoms with Crippen molar-refractivity contribution in [3.63, 3.8) is 0 Å². The second-order valence-electron chi connectivity index (χ2n) is 6.33. The molecule has 2 aromatic rings. The summed E-state index contributed by atoms with van der Waals surface area (Å²) in [6.45, 7) is 4.84. The lowest BCUT2D eigenvalue weighted by Gasteiger charge is -2.24. The molecule has 1 N–H and O–H groups in total. The lowest BCUT2D eigenvalue weighted by atomic mass is 10.1. The van der Waals surface area contributed by atoms with Crippen molar-refractivity contribution >= 4 is 11.6 Å². The molecule has 24 heavy (non-hydrogen) atoms. The maximum Gasteiger partial charge on any atom is 0.179 e. The summed E-state index contributed by atoms with van der Waals surface area (Å²) in [7, 11) is 0. The van der Waals surface area contributed by atoms with E-state index in [1.165, 1.54) is 0 Å². The van der Waals surface area contributed by atoms with Crippen LogP contribution in [0.25, 0.3) is 0 Å². The van der Waals surface area contributed by atoms with Crippen LogP contribution < -0.4 is 14.8 Å². The van der Waals surface area contributed by atoms with Gasteiger partial charge in [-0.05, 0) is 31.0 Å². The molecule has 1 atom stereocenters. The molecule has 0 bridgehead atoms. The zero-order chi connectivity index (χ0) is 16.5. The number of hydrogen-bond donors (Lipinski definition) is 1. The molecule has 6 nitrogen and oxygen atoms in total. The van der Waals surface area contributed by atoms with Gasteiger partial charge in [-0.2, -0.15) is 5.10 Å². The van der Waals surface area contributed by atoms with E-state index in [-0.39, 0.29) is 0 Å². The minimum absolute atomic E-state index is 0.383. The van der Waals surface area contributed by atoms with Crippen LogP contribution in [-0.2, 0) is 19.5 Å². The molecule has 0 spiro atoms. The molecule has 1 aromatic carbocycles. The fourth-order valence-electron chi connectivity index (χ4n) is 3.25. The molecule has 1 unspecified atom stereocenters. The minimum atomic E-state index is 0.383. The smallest absolute Gasteiger partial charge is 0.179 e. The lowest BCUT2D eigenvalue weighted by Crippen LogP contribution is -2.37. The summed E-state index contributed by atoms with van der Waals surface area (Å²) in [5, 5.41) is 8.66. The number of hydrogen-bond acceptors (Lipinski definition) is 5. The average molecular weight is 349 g/mol. The van der Waals surface area contributed by atoms with E-state index in [2.05, 4.69) is 15.4 Å². The van der Waals surface area contributed by atoms with E-state index in [4.69, 9.17) is 21.1 Å². The number of benzene rings is 1. The Morgan fingerprint density at radius 1 is 1.33 bits per heavy atom. The third-order valence-electron chi connectivity index (χ3n) is 4.42. The molecule has 1 aromatic heterocycles. The van der Waals surface area contributed by atoms with Crippen molar-refractivity contribution in [1.29, 1.82) is 0 Å². The number of aromatic nitrogens is 3. The number of ether oxygens (including phenoxy) is 2. The average Bonchev–Trinajstić information content (AvgIpc) is 2.77. The molecular formula is C17H21ClN4O2. The highest BCUT2D eigenvalue weighted by Gasteiger charge is 2.21. The second-order valence-corrected chi connectivity index (χ2v) is 6.74. The van der Waals surface area contributed by atoms with Crippen molar-refractivity contribution in [2.24, 2.45) is 0 Å². The van der Waals surface area contributed by atoms with E-state index < -0.39 is 0 Å². The first kappa shape index (κ1) is 15.7. The number of fused-ring (bicyclic) bond motifs is 2. The van der Waals surface area contributed by atoms with Crippen LogP contribution in [-0.4, -0.2) is 34.0 Å². The van der Waals surface area contributed by atoms with Gasteiger partial charge in [-0.25, -0.2) is 9.67 Å². The van der Waals surface area contributed by atoms with Gasteiger partial charge < -0.3 is 14.8 Å². The second kappa shape index (κ2) is 6.61. The molecule has 0 saturated heterocycles. The van der Waals surface area contributed by atoms with E-state index in [9.17, 15) is 0 Å². The first-order chi connectivity index (χ1) is 11.7. The number of nitrogens with zero attached hydrogens (tertiary/aromatic N) is 3. The van der Waals surface area contributed by atoms with Crippen molar-refractivity contribution in [3.05, 3.63) is 34.4 Å². The Hall–Kier alpha value is -1.79. The Morgan fingerprint density at radius 3 is 3.12 bits per heavy atom. The Labute approximate surface area is 146 Å². The van der Waals surface area contributed by atoms with Crippen LogP contribution in [0.5, 0.6) is 11.5 Å². The van der Waals surface area contributed by atoms with Crippen LogP contribution >= 0.6 is 11.6 Å². The SMILES string of the molecule is Cc1nc2n(n1)CC(NCc1cc(Cl)c3c(c1)OCCCO3)CC2. The Bertz CT molecular complexity index is 746. The molecule has 0 fully saturated rings. The zero-order valence-corrected chi connectivity index (χ0v) is 14.5. The zero-order valence-electron chi connectivity index (χ0n) is 13.7. The van der Waals surface area contributed by atoms with Crippen molar-refractivity contribution < 1.29 is 9.47 Å². The molecule has 7 heteroatoms. The first-order valence-corrected chi connectivity index (χ1v) is 8.78. The summed E-state index contributed by atoms with van der Waals surface area (Å²) in [5.41, 5.74) is 1.10. The summed E-state index contributed by atoms with van der Waals surface area (Å²) in [4.78, 5) is 4.45. The van der Waals surface area contributed by atoms with Gasteiger partial charge in [0.05, 0.1) is 24.8 Å². The molecule has 0 saturated carbocycles. The normalized spacial score (nSPS) is 19.7. The molecular weight excluding hydrogens is 328 g/mol. The molecule has 128 valence electrons. The van der Waals surface area contributed by atoms with Crippen molar-refractivity contribution in [3.8, 4) is 11.5 Å². The highest BCUT2D eigenvalue weighted by atomic mass is 35.5. The predicted octanol–water partition coefficient (Wildman–Crippen LogP) is 2.51. The number of rotatable bonds is 3. The van der Waals surface area contributed by atoms with E-state index in [0.717, 1.165) is 55.3 Å². The first-order valence-electron chi connectivity index (χ1n) is 8.41. The van der Waals surface area contributed by atoms with Crippen LogP contribution in [0.15, 0.2) is 12.1 Å². The van der Waals surface area contributed by atoms with Gasteiger partial charge in [0.15, 0.2) is 11.5 Å². The van der Waals surface area contributed by atoms with Gasteiger partial charge in [0, 0.05) is 25.4 Å². The number of aryl methyl sites for hydroxylation is 2. The molecule has 3 heterocycles. The van der Waals surface area contributed by atoms with E-state index in [1.54, 1.807) is 0 Å². The largest absolute Gasteiger partial charge is 0.489 e. The van der Waals surface area contributed by atoms with Crippen LogP contribution in [0.1, 0.15) is 30.1 Å². The molecule has 4 rings (SSSR count). The van der Waals surface area contributed by atoms with Gasteiger partial charge in [-0.3, -0.25) is 0 Å². The Kier molecular flexibility index (Phi) is 4.33. The predicted molar refractivity (Wildman–Crippen MR) is 90.8 cm³/mol. The Morgan fingerprint density at radius 2 is 2.21 bits per heavy atom. The van der Waals surface area contributed by atoms with Gasteiger partial charge in [0.2, 0.25) is 0 Å². The summed E-state index contributed by atoms with van der Waals surface area (Å²) >= 11 is 6.36. The van der Waals surface area contributed by atoms with Crippen molar-refractivity contribution in [2.45, 2.75) is 45.3 Å². The van der Waals surface area contributed by atoms with Crippen LogP contribution in [0.3, 0.4) is 0 Å². The summed E-state index contributed by atoms with van der Waals surface area (Å²) in [6.07, 6.45) is 2.90. The quantitative estimate of drug-likeness (QED) is 0.923. The third kappa shape index (κ3) is 3.21. The highest BCUT2D eigenvalue weighted by molar-refractivity contribution is 6.32. The molecule has 0 amide bonds. The Balaban J connectivity index is 1.43. The van der Waals surface area contributed by atoms with E-state index >= 15 is 0 Å². The van der Waals surface area contributed by atoms with Gasteiger partial charge in [0.1, 0.15) is 11.6 Å². The lowest BCUT2D eigenvalue weighted by molar-refractivity contribution is 0.297. The molecule has 2 aliphatic rings. The van der Waals surface area contributed by atoms with E-state index in [1.807, 2.05) is 23.7 Å². The van der Waals surface area contributed by atoms with Crippen LogP contribution in [0.2, 0.25) is 5.02 Å². The van der Waals surface area contributed by atoms with Gasteiger partial charge in [-0.1, -0.05) is 11.6 Å². The van der Waals surface area contributed by atoms with E-state index in [0.29, 0.717) is 30.0 Å². The minimum Gasteiger partial charge on any atom is -0.489 e. The topological polar surface area (TPSA) is 61.2 Å². The van der Waals surface area contributed by atoms with Crippen LogP contribution in [0, 0.1) is 6.92 Å². The molecule has 0 aliphatic carbocycles. The third-order valence-corrected chi connectivity index (χ3v) is 4.70. The van der Waals surface area contributed by atoms with Gasteiger partial charge in [-0.15, -0.1) is 0 Å². The maximum absolute atomic E-state index is 6.36. The van der Waals surface area contributed by atoms with Gasteiger partial charge >= 0.3 is 0 Å². The van der Waals surface area contributed by atoms with Crippen molar-refractivity contribution in [2.75, 3.05) is 13.2 Å². The standard InChI is InChI=1S/C17H21ClN4O2/c1-11-20-16-4-3-13(10-22(16)21-11)19-9-12-7-14(18)17-15(8-12)23-5-2-6-24-17/h7-8,13,19H,2-6,9-10H2,1H3. The number of nitrogens with one attached hydrogen (secondary N) is 1. The summed E-state index contributed by atoms with van der Waals surface area (Å²) < 4.78 is 13.4. The molecule has 2 aliphatic heterocycles. The fourth-order valence-corrected chi connectivity index (χ4v) is 3.54. The fraction of sp³-hybridized carbons (Fsp3) is 0.529. The van der Waals surface area contributed by atoms with Crippen LogP contribution in [0.4, 0.5) is 0 Å².